The zero-order valence-electron chi connectivity index (χ0n) is 13.4. The van der Waals surface area contributed by atoms with E-state index in [1.54, 1.807) is 25.3 Å². The Morgan fingerprint density at radius 2 is 2.12 bits per heavy atom. The van der Waals surface area contributed by atoms with E-state index < -0.39 is 0 Å². The Bertz CT molecular complexity index is 887. The number of aryl methyl sites for hydroxylation is 1. The molecule has 0 amide bonds. The first-order valence-corrected chi connectivity index (χ1v) is 8.19. The van der Waals surface area contributed by atoms with Crippen LogP contribution in [0, 0.1) is 5.92 Å². The van der Waals surface area contributed by atoms with Crippen LogP contribution in [0.4, 0.5) is 0 Å². The Labute approximate surface area is 143 Å². The summed E-state index contributed by atoms with van der Waals surface area (Å²) in [5, 5.41) is 8.77. The Morgan fingerprint density at radius 3 is 2.96 bits per heavy atom. The van der Waals surface area contributed by atoms with Crippen LogP contribution in [0.2, 0.25) is 5.02 Å². The first-order valence-electron chi connectivity index (χ1n) is 7.81. The van der Waals surface area contributed by atoms with Crippen molar-refractivity contribution in [3.8, 4) is 28.7 Å². The van der Waals surface area contributed by atoms with E-state index in [0.717, 1.165) is 30.6 Å². The highest BCUT2D eigenvalue weighted by molar-refractivity contribution is 6.30. The summed E-state index contributed by atoms with van der Waals surface area (Å²) in [5.41, 5.74) is 2.38. The van der Waals surface area contributed by atoms with Crippen LogP contribution in [-0.4, -0.2) is 22.4 Å². The minimum atomic E-state index is 0.353. The van der Waals surface area contributed by atoms with Gasteiger partial charge in [0.2, 0.25) is 5.82 Å². The molecule has 2 heterocycles. The SMILES string of the molecule is COc1ccc(Cl)cc1-c1noc(-c2noc3c2CC(C)CC3)n1. The predicted molar refractivity (Wildman–Crippen MR) is 88.0 cm³/mol. The van der Waals surface area contributed by atoms with Gasteiger partial charge in [0.25, 0.3) is 5.89 Å². The molecule has 3 aromatic rings. The van der Waals surface area contributed by atoms with Gasteiger partial charge >= 0.3 is 0 Å². The lowest BCUT2D eigenvalue weighted by atomic mass is 9.88. The maximum absolute atomic E-state index is 6.07. The summed E-state index contributed by atoms with van der Waals surface area (Å²) in [6.07, 6.45) is 2.91. The van der Waals surface area contributed by atoms with Crippen LogP contribution in [0.15, 0.2) is 27.2 Å². The van der Waals surface area contributed by atoms with Crippen molar-refractivity contribution in [3.05, 3.63) is 34.5 Å². The zero-order valence-corrected chi connectivity index (χ0v) is 14.1. The third kappa shape index (κ3) is 2.57. The number of hydrogen-bond donors (Lipinski definition) is 0. The molecule has 1 aliphatic carbocycles. The molecule has 0 N–H and O–H groups in total. The molecular weight excluding hydrogens is 330 g/mol. The summed E-state index contributed by atoms with van der Waals surface area (Å²) < 4.78 is 16.2. The van der Waals surface area contributed by atoms with Crippen LogP contribution in [0.5, 0.6) is 5.75 Å². The van der Waals surface area contributed by atoms with Crippen LogP contribution in [-0.2, 0) is 12.8 Å². The molecule has 0 fully saturated rings. The predicted octanol–water partition coefficient (Wildman–Crippen LogP) is 4.18. The third-order valence-electron chi connectivity index (χ3n) is 4.32. The summed E-state index contributed by atoms with van der Waals surface area (Å²) in [6, 6.07) is 5.27. The average molecular weight is 346 g/mol. The van der Waals surface area contributed by atoms with E-state index in [0.29, 0.717) is 39.7 Å². The normalized spacial score (nSPS) is 16.9. The zero-order chi connectivity index (χ0) is 16.7. The molecule has 0 spiro atoms. The van der Waals surface area contributed by atoms with E-state index in [1.807, 2.05) is 0 Å². The van der Waals surface area contributed by atoms with Crippen LogP contribution in [0.25, 0.3) is 23.0 Å². The van der Waals surface area contributed by atoms with E-state index >= 15 is 0 Å². The number of benzene rings is 1. The Kier molecular flexibility index (Phi) is 3.76. The molecular formula is C17H16ClN3O3. The summed E-state index contributed by atoms with van der Waals surface area (Å²) in [7, 11) is 1.59. The van der Waals surface area contributed by atoms with E-state index in [-0.39, 0.29) is 0 Å². The molecule has 124 valence electrons. The first kappa shape index (κ1) is 15.2. The minimum absolute atomic E-state index is 0.353. The van der Waals surface area contributed by atoms with Crippen molar-refractivity contribution in [2.24, 2.45) is 5.92 Å². The second-order valence-electron chi connectivity index (χ2n) is 6.05. The number of hydrogen-bond acceptors (Lipinski definition) is 6. The molecule has 0 saturated heterocycles. The molecule has 6 nitrogen and oxygen atoms in total. The molecule has 1 aliphatic rings. The van der Waals surface area contributed by atoms with Crippen LogP contribution in [0.1, 0.15) is 24.7 Å². The molecule has 0 radical (unpaired) electrons. The molecule has 7 heteroatoms. The molecule has 4 rings (SSSR count). The van der Waals surface area contributed by atoms with Gasteiger partial charge in [0.1, 0.15) is 11.5 Å². The van der Waals surface area contributed by atoms with Gasteiger partial charge in [-0.15, -0.1) is 0 Å². The van der Waals surface area contributed by atoms with Crippen LogP contribution in [0.3, 0.4) is 0 Å². The average Bonchev–Trinajstić information content (AvgIpc) is 3.20. The molecule has 24 heavy (non-hydrogen) atoms. The summed E-state index contributed by atoms with van der Waals surface area (Å²) >= 11 is 6.07. The van der Waals surface area contributed by atoms with Gasteiger partial charge in [0, 0.05) is 17.0 Å². The van der Waals surface area contributed by atoms with Crippen molar-refractivity contribution in [1.29, 1.82) is 0 Å². The fraction of sp³-hybridized carbons (Fsp3) is 0.353. The van der Waals surface area contributed by atoms with Gasteiger partial charge in [-0.3, -0.25) is 0 Å². The van der Waals surface area contributed by atoms with Crippen molar-refractivity contribution in [3.63, 3.8) is 0 Å². The molecule has 1 atom stereocenters. The highest BCUT2D eigenvalue weighted by Crippen LogP contribution is 2.35. The van der Waals surface area contributed by atoms with Crippen molar-refractivity contribution in [1.82, 2.24) is 15.3 Å². The molecule has 2 aromatic heterocycles. The molecule has 0 saturated carbocycles. The van der Waals surface area contributed by atoms with Crippen LogP contribution < -0.4 is 4.74 Å². The van der Waals surface area contributed by atoms with Crippen molar-refractivity contribution >= 4 is 11.6 Å². The fourth-order valence-corrected chi connectivity index (χ4v) is 3.20. The number of fused-ring (bicyclic) bond motifs is 1. The number of nitrogens with zero attached hydrogens (tertiary/aromatic N) is 3. The van der Waals surface area contributed by atoms with E-state index in [2.05, 4.69) is 22.2 Å². The van der Waals surface area contributed by atoms with Crippen LogP contribution >= 0.6 is 11.6 Å². The number of rotatable bonds is 3. The van der Waals surface area contributed by atoms with Gasteiger partial charge in [-0.25, -0.2) is 0 Å². The number of ether oxygens (including phenoxy) is 1. The van der Waals surface area contributed by atoms with Gasteiger partial charge in [0.05, 0.1) is 12.7 Å². The second kappa shape index (κ2) is 5.94. The largest absolute Gasteiger partial charge is 0.496 e. The standard InChI is InChI=1S/C17H16ClN3O3/c1-9-3-5-14-11(7-9)15(20-23-14)17-19-16(21-24-17)12-8-10(18)4-6-13(12)22-2/h4,6,8-9H,3,5,7H2,1-2H3. The molecule has 0 aliphatic heterocycles. The number of methoxy groups -OCH3 is 1. The van der Waals surface area contributed by atoms with Crippen molar-refractivity contribution in [2.75, 3.05) is 7.11 Å². The van der Waals surface area contributed by atoms with E-state index in [9.17, 15) is 0 Å². The second-order valence-corrected chi connectivity index (χ2v) is 6.49. The smallest absolute Gasteiger partial charge is 0.280 e. The molecule has 1 unspecified atom stereocenters. The van der Waals surface area contributed by atoms with Gasteiger partial charge in [-0.2, -0.15) is 4.98 Å². The Hall–Kier alpha value is -2.34. The maximum atomic E-state index is 6.07. The lowest BCUT2D eigenvalue weighted by Crippen LogP contribution is -2.09. The first-order chi connectivity index (χ1) is 11.7. The monoisotopic (exact) mass is 345 g/mol. The summed E-state index contributed by atoms with van der Waals surface area (Å²) in [4.78, 5) is 4.47. The lowest BCUT2D eigenvalue weighted by molar-refractivity contribution is 0.355. The molecule has 0 bridgehead atoms. The Balaban J connectivity index is 1.74. The highest BCUT2D eigenvalue weighted by atomic mass is 35.5. The van der Waals surface area contributed by atoms with Gasteiger partial charge in [-0.05, 0) is 37.0 Å². The van der Waals surface area contributed by atoms with Gasteiger partial charge in [0.15, 0.2) is 5.69 Å². The highest BCUT2D eigenvalue weighted by Gasteiger charge is 2.27. The Morgan fingerprint density at radius 1 is 1.25 bits per heavy atom. The van der Waals surface area contributed by atoms with Gasteiger partial charge in [-0.1, -0.05) is 28.8 Å². The third-order valence-corrected chi connectivity index (χ3v) is 4.55. The summed E-state index contributed by atoms with van der Waals surface area (Å²) in [5.74, 6) is 2.90. The fourth-order valence-electron chi connectivity index (χ4n) is 3.03. The van der Waals surface area contributed by atoms with E-state index in [4.69, 9.17) is 25.4 Å². The van der Waals surface area contributed by atoms with Gasteiger partial charge < -0.3 is 13.8 Å². The summed E-state index contributed by atoms with van der Waals surface area (Å²) in [6.45, 7) is 2.22. The number of aromatic nitrogens is 3. The quantitative estimate of drug-likeness (QED) is 0.709. The lowest BCUT2D eigenvalue weighted by Gasteiger charge is -2.15. The number of halogens is 1. The molecule has 1 aromatic carbocycles. The topological polar surface area (TPSA) is 74.2 Å². The minimum Gasteiger partial charge on any atom is -0.496 e. The maximum Gasteiger partial charge on any atom is 0.280 e. The van der Waals surface area contributed by atoms with Crippen molar-refractivity contribution in [2.45, 2.75) is 26.2 Å². The van der Waals surface area contributed by atoms with E-state index in [1.165, 1.54) is 0 Å². The van der Waals surface area contributed by atoms with Crippen molar-refractivity contribution < 1.29 is 13.8 Å².